The number of likely N-dealkylation sites (tertiary alicyclic amines) is 1. The molecule has 0 bridgehead atoms. The molecule has 2 rings (SSSR count). The van der Waals surface area contributed by atoms with E-state index in [0.29, 0.717) is 12.1 Å². The maximum absolute atomic E-state index is 5.86. The molecule has 0 amide bonds. The highest BCUT2D eigenvalue weighted by Crippen LogP contribution is 2.34. The van der Waals surface area contributed by atoms with E-state index < -0.39 is 0 Å². The Morgan fingerprint density at radius 1 is 1.44 bits per heavy atom. The third-order valence-electron chi connectivity index (χ3n) is 3.59. The average Bonchev–Trinajstić information content (AvgIpc) is 2.76. The molecule has 18 heavy (non-hydrogen) atoms. The molecule has 1 aromatic rings. The van der Waals surface area contributed by atoms with Crippen molar-refractivity contribution in [2.24, 2.45) is 5.73 Å². The number of thiazole rings is 1. The third kappa shape index (κ3) is 3.31. The molecule has 1 aromatic heterocycles. The topological polar surface area (TPSA) is 42.1 Å². The smallest absolute Gasteiger partial charge is 0.110 e. The minimum atomic E-state index is 0.228. The fraction of sp³-hybridized carbons (Fsp3) is 0.786. The largest absolute Gasteiger partial charge is 0.328 e. The molecule has 0 spiro atoms. The van der Waals surface area contributed by atoms with Gasteiger partial charge in [0.05, 0.1) is 6.04 Å². The number of hydrogen-bond donors (Lipinski definition) is 1. The van der Waals surface area contributed by atoms with E-state index in [-0.39, 0.29) is 6.04 Å². The zero-order valence-electron chi connectivity index (χ0n) is 11.7. The average molecular weight is 267 g/mol. The fourth-order valence-electron chi connectivity index (χ4n) is 2.73. The van der Waals surface area contributed by atoms with E-state index >= 15 is 0 Å². The van der Waals surface area contributed by atoms with Crippen LogP contribution in [-0.4, -0.2) is 28.5 Å². The lowest BCUT2D eigenvalue weighted by Gasteiger charge is -2.37. The summed E-state index contributed by atoms with van der Waals surface area (Å²) in [6, 6.07) is 1.37. The van der Waals surface area contributed by atoms with Crippen LogP contribution in [0.3, 0.4) is 0 Å². The Kier molecular flexibility index (Phi) is 4.76. The maximum Gasteiger partial charge on any atom is 0.110 e. The molecule has 0 saturated carbocycles. The van der Waals surface area contributed by atoms with Gasteiger partial charge < -0.3 is 5.73 Å². The van der Waals surface area contributed by atoms with E-state index in [2.05, 4.69) is 30.7 Å². The number of piperidine rings is 1. The Morgan fingerprint density at radius 2 is 2.22 bits per heavy atom. The molecule has 1 aliphatic rings. The lowest BCUT2D eigenvalue weighted by molar-refractivity contribution is 0.112. The molecule has 2 heterocycles. The van der Waals surface area contributed by atoms with Crippen molar-refractivity contribution in [3.05, 3.63) is 16.1 Å². The van der Waals surface area contributed by atoms with Crippen LogP contribution in [-0.2, 0) is 6.42 Å². The van der Waals surface area contributed by atoms with Crippen molar-refractivity contribution in [1.82, 2.24) is 9.88 Å². The minimum Gasteiger partial charge on any atom is -0.328 e. The SMILES string of the molecule is CC(N)Cc1cnc(C2CCCCN2C(C)C)s1. The van der Waals surface area contributed by atoms with Crippen LogP contribution in [0.2, 0.25) is 0 Å². The first-order valence-electron chi connectivity index (χ1n) is 7.04. The summed E-state index contributed by atoms with van der Waals surface area (Å²) in [6.45, 7) is 7.84. The first kappa shape index (κ1) is 14.0. The van der Waals surface area contributed by atoms with Crippen LogP contribution in [0, 0.1) is 0 Å². The van der Waals surface area contributed by atoms with Crippen molar-refractivity contribution in [2.45, 2.75) is 64.6 Å². The standard InChI is InChI=1S/C14H25N3S/c1-10(2)17-7-5-4-6-13(17)14-16-9-12(18-14)8-11(3)15/h9-11,13H,4-8,15H2,1-3H3. The first-order valence-corrected chi connectivity index (χ1v) is 7.85. The number of nitrogens with zero attached hydrogens (tertiary/aromatic N) is 2. The number of nitrogens with two attached hydrogens (primary N) is 1. The van der Waals surface area contributed by atoms with Crippen molar-refractivity contribution in [3.63, 3.8) is 0 Å². The van der Waals surface area contributed by atoms with E-state index in [4.69, 9.17) is 5.73 Å². The van der Waals surface area contributed by atoms with Gasteiger partial charge in [-0.3, -0.25) is 4.90 Å². The summed E-state index contributed by atoms with van der Waals surface area (Å²) in [5.41, 5.74) is 5.86. The van der Waals surface area contributed by atoms with Crippen LogP contribution in [0.15, 0.2) is 6.20 Å². The third-order valence-corrected chi connectivity index (χ3v) is 4.71. The summed E-state index contributed by atoms with van der Waals surface area (Å²) in [4.78, 5) is 8.57. The van der Waals surface area contributed by atoms with Gasteiger partial charge in [-0.2, -0.15) is 0 Å². The van der Waals surface area contributed by atoms with E-state index in [1.54, 1.807) is 0 Å². The summed E-state index contributed by atoms with van der Waals surface area (Å²) < 4.78 is 0. The summed E-state index contributed by atoms with van der Waals surface area (Å²) >= 11 is 1.86. The summed E-state index contributed by atoms with van der Waals surface area (Å²) in [7, 11) is 0. The molecular formula is C14H25N3S. The Labute approximate surface area is 114 Å². The Morgan fingerprint density at radius 3 is 2.89 bits per heavy atom. The lowest BCUT2D eigenvalue weighted by Crippen LogP contribution is -2.38. The number of hydrogen-bond acceptors (Lipinski definition) is 4. The molecule has 3 nitrogen and oxygen atoms in total. The molecule has 2 N–H and O–H groups in total. The maximum atomic E-state index is 5.86. The Balaban J connectivity index is 2.10. The highest BCUT2D eigenvalue weighted by molar-refractivity contribution is 7.11. The van der Waals surface area contributed by atoms with E-state index in [9.17, 15) is 0 Å². The van der Waals surface area contributed by atoms with Crippen molar-refractivity contribution in [1.29, 1.82) is 0 Å². The first-order chi connectivity index (χ1) is 8.58. The zero-order chi connectivity index (χ0) is 13.1. The van der Waals surface area contributed by atoms with E-state index in [0.717, 1.165) is 6.42 Å². The predicted octanol–water partition coefficient (Wildman–Crippen LogP) is 2.97. The van der Waals surface area contributed by atoms with Crippen LogP contribution in [0.1, 0.15) is 56.0 Å². The predicted molar refractivity (Wildman–Crippen MR) is 77.9 cm³/mol. The number of rotatable bonds is 4. The summed E-state index contributed by atoms with van der Waals surface area (Å²) in [5, 5.41) is 1.29. The fourth-order valence-corrected chi connectivity index (χ4v) is 3.94. The number of aromatic nitrogens is 1. The van der Waals surface area contributed by atoms with Crippen LogP contribution in [0.25, 0.3) is 0 Å². The second kappa shape index (κ2) is 6.13. The minimum absolute atomic E-state index is 0.228. The molecule has 4 heteroatoms. The molecule has 0 radical (unpaired) electrons. The molecule has 2 unspecified atom stereocenters. The molecule has 102 valence electrons. The normalized spacial score (nSPS) is 23.5. The van der Waals surface area contributed by atoms with Crippen molar-refractivity contribution in [3.8, 4) is 0 Å². The molecule has 0 aromatic carbocycles. The molecule has 1 fully saturated rings. The monoisotopic (exact) mass is 267 g/mol. The second-order valence-electron chi connectivity index (χ2n) is 5.69. The molecule has 2 atom stereocenters. The summed E-state index contributed by atoms with van der Waals surface area (Å²) in [6.07, 6.45) is 6.88. The van der Waals surface area contributed by atoms with Gasteiger partial charge in [0.1, 0.15) is 5.01 Å². The van der Waals surface area contributed by atoms with Crippen LogP contribution >= 0.6 is 11.3 Å². The quantitative estimate of drug-likeness (QED) is 0.912. The Bertz CT molecular complexity index is 373. The molecule has 1 saturated heterocycles. The van der Waals surface area contributed by atoms with Gasteiger partial charge >= 0.3 is 0 Å². The van der Waals surface area contributed by atoms with Crippen molar-refractivity contribution >= 4 is 11.3 Å². The van der Waals surface area contributed by atoms with Crippen molar-refractivity contribution in [2.75, 3.05) is 6.54 Å². The molecular weight excluding hydrogens is 242 g/mol. The Hall–Kier alpha value is -0.450. The van der Waals surface area contributed by atoms with E-state index in [1.807, 2.05) is 17.5 Å². The van der Waals surface area contributed by atoms with Gasteiger partial charge in [0, 0.05) is 23.2 Å². The van der Waals surface area contributed by atoms with Gasteiger partial charge in [-0.15, -0.1) is 11.3 Å². The van der Waals surface area contributed by atoms with Gasteiger partial charge in [-0.25, -0.2) is 4.98 Å². The highest BCUT2D eigenvalue weighted by atomic mass is 32.1. The van der Waals surface area contributed by atoms with Crippen molar-refractivity contribution < 1.29 is 0 Å². The van der Waals surface area contributed by atoms with Crippen LogP contribution < -0.4 is 5.73 Å². The second-order valence-corrected chi connectivity index (χ2v) is 6.84. The van der Waals surface area contributed by atoms with Gasteiger partial charge in [-0.05, 0) is 46.6 Å². The van der Waals surface area contributed by atoms with Crippen LogP contribution in [0.4, 0.5) is 0 Å². The zero-order valence-corrected chi connectivity index (χ0v) is 12.5. The van der Waals surface area contributed by atoms with Gasteiger partial charge in [-0.1, -0.05) is 6.42 Å². The highest BCUT2D eigenvalue weighted by Gasteiger charge is 2.28. The lowest BCUT2D eigenvalue weighted by atomic mass is 10.0. The van der Waals surface area contributed by atoms with Gasteiger partial charge in [0.15, 0.2) is 0 Å². The van der Waals surface area contributed by atoms with Crippen LogP contribution in [0.5, 0.6) is 0 Å². The molecule has 0 aliphatic carbocycles. The summed E-state index contributed by atoms with van der Waals surface area (Å²) in [5.74, 6) is 0. The van der Waals surface area contributed by atoms with E-state index in [1.165, 1.54) is 35.7 Å². The van der Waals surface area contributed by atoms with Gasteiger partial charge in [0.2, 0.25) is 0 Å². The molecule has 1 aliphatic heterocycles. The van der Waals surface area contributed by atoms with Gasteiger partial charge in [0.25, 0.3) is 0 Å².